The van der Waals surface area contributed by atoms with Gasteiger partial charge >= 0.3 is 5.97 Å². The molecule has 1 aliphatic rings. The van der Waals surface area contributed by atoms with Gasteiger partial charge in [-0.25, -0.2) is 4.39 Å². The molecule has 2 aromatic rings. The summed E-state index contributed by atoms with van der Waals surface area (Å²) in [6.45, 7) is -0.400. The van der Waals surface area contributed by atoms with Gasteiger partial charge in [-0.2, -0.15) is 0 Å². The average Bonchev–Trinajstić information content (AvgIpc) is 3.39. The minimum absolute atomic E-state index is 0.0918. The van der Waals surface area contributed by atoms with Crippen LogP contribution in [0.2, 0.25) is 5.02 Å². The monoisotopic (exact) mass is 347 g/mol. The summed E-state index contributed by atoms with van der Waals surface area (Å²) in [5.41, 5.74) is 0.619. The summed E-state index contributed by atoms with van der Waals surface area (Å²) in [5.74, 6) is -1.48. The highest BCUT2D eigenvalue weighted by molar-refractivity contribution is 6.31. The Labute approximate surface area is 143 Å². The Morgan fingerprint density at radius 1 is 1.17 bits per heavy atom. The van der Waals surface area contributed by atoms with E-state index < -0.39 is 29.7 Å². The van der Waals surface area contributed by atoms with Gasteiger partial charge in [0.2, 0.25) is 0 Å². The predicted octanol–water partition coefficient (Wildman–Crippen LogP) is 3.69. The minimum Gasteiger partial charge on any atom is -0.455 e. The Morgan fingerprint density at radius 3 is 2.50 bits per heavy atom. The van der Waals surface area contributed by atoms with Crippen LogP contribution in [0.4, 0.5) is 10.1 Å². The first-order valence-corrected chi connectivity index (χ1v) is 7.87. The number of anilines is 1. The smallest absolute Gasteiger partial charge is 0.317 e. The van der Waals surface area contributed by atoms with Gasteiger partial charge < -0.3 is 10.1 Å². The molecule has 4 nitrogen and oxygen atoms in total. The van der Waals surface area contributed by atoms with E-state index >= 15 is 0 Å². The zero-order chi connectivity index (χ0) is 17.2. The Balaban J connectivity index is 1.56. The van der Waals surface area contributed by atoms with Crippen LogP contribution in [0.15, 0.2) is 48.5 Å². The Morgan fingerprint density at radius 2 is 1.88 bits per heavy atom. The third kappa shape index (κ3) is 3.41. The quantitative estimate of drug-likeness (QED) is 0.839. The van der Waals surface area contributed by atoms with Crippen LogP contribution in [-0.2, 0) is 19.7 Å². The van der Waals surface area contributed by atoms with Gasteiger partial charge in [0.1, 0.15) is 5.82 Å². The molecule has 0 heterocycles. The number of carbonyl (C=O) groups excluding carboxylic acids is 2. The molecule has 0 unspecified atom stereocenters. The lowest BCUT2D eigenvalue weighted by Gasteiger charge is -2.14. The van der Waals surface area contributed by atoms with Crippen LogP contribution in [0.25, 0.3) is 0 Å². The zero-order valence-corrected chi connectivity index (χ0v) is 13.5. The largest absolute Gasteiger partial charge is 0.455 e. The number of hydrogen-bond donors (Lipinski definition) is 1. The second-order valence-corrected chi connectivity index (χ2v) is 6.11. The molecule has 1 N–H and O–H groups in total. The number of esters is 1. The maximum Gasteiger partial charge on any atom is 0.317 e. The highest BCUT2D eigenvalue weighted by Crippen LogP contribution is 2.49. The van der Waals surface area contributed by atoms with Crippen molar-refractivity contribution in [1.29, 1.82) is 0 Å². The number of amides is 1. The molecule has 1 amide bonds. The minimum atomic E-state index is -0.624. The van der Waals surface area contributed by atoms with Gasteiger partial charge in [0.25, 0.3) is 5.91 Å². The van der Waals surface area contributed by atoms with Gasteiger partial charge in [0, 0.05) is 5.69 Å². The fraction of sp³-hybridized carbons (Fsp3) is 0.222. The predicted molar refractivity (Wildman–Crippen MR) is 88.4 cm³/mol. The lowest BCUT2D eigenvalue weighted by molar-refractivity contribution is -0.150. The van der Waals surface area contributed by atoms with Crippen molar-refractivity contribution in [3.05, 3.63) is 64.9 Å². The van der Waals surface area contributed by atoms with Gasteiger partial charge in [0.05, 0.1) is 10.4 Å². The van der Waals surface area contributed by atoms with Gasteiger partial charge in [0.15, 0.2) is 6.61 Å². The van der Waals surface area contributed by atoms with E-state index in [0.717, 1.165) is 11.6 Å². The van der Waals surface area contributed by atoms with Crippen molar-refractivity contribution >= 4 is 29.2 Å². The van der Waals surface area contributed by atoms with Crippen LogP contribution in [0.5, 0.6) is 0 Å². The Hall–Kier alpha value is -2.40. The van der Waals surface area contributed by atoms with E-state index in [2.05, 4.69) is 5.32 Å². The lowest BCUT2D eigenvalue weighted by Crippen LogP contribution is -2.28. The molecule has 1 aliphatic carbocycles. The number of hydrogen-bond acceptors (Lipinski definition) is 3. The molecule has 1 fully saturated rings. The second kappa shape index (κ2) is 6.61. The topological polar surface area (TPSA) is 55.4 Å². The van der Waals surface area contributed by atoms with Crippen molar-refractivity contribution < 1.29 is 18.7 Å². The molecule has 0 bridgehead atoms. The fourth-order valence-electron chi connectivity index (χ4n) is 2.53. The third-order valence-corrected chi connectivity index (χ3v) is 4.29. The SMILES string of the molecule is O=C(COC(=O)C1(c2ccccc2)CC1)Nc1ccc(F)c(Cl)c1. The van der Waals surface area contributed by atoms with Gasteiger partial charge in [-0.1, -0.05) is 41.9 Å². The molecule has 124 valence electrons. The van der Waals surface area contributed by atoms with E-state index in [0.29, 0.717) is 18.5 Å². The van der Waals surface area contributed by atoms with E-state index in [1.54, 1.807) is 0 Å². The van der Waals surface area contributed by atoms with Crippen LogP contribution in [0.1, 0.15) is 18.4 Å². The summed E-state index contributed by atoms with van der Waals surface area (Å²) < 4.78 is 18.2. The van der Waals surface area contributed by atoms with E-state index in [9.17, 15) is 14.0 Å². The Bertz CT molecular complexity index is 775. The summed E-state index contributed by atoms with van der Waals surface area (Å²) in [6, 6.07) is 13.2. The molecule has 2 aromatic carbocycles. The highest BCUT2D eigenvalue weighted by atomic mass is 35.5. The van der Waals surface area contributed by atoms with E-state index in [1.165, 1.54) is 12.1 Å². The summed E-state index contributed by atoms with van der Waals surface area (Å²) in [5, 5.41) is 2.42. The number of benzene rings is 2. The van der Waals surface area contributed by atoms with Gasteiger partial charge in [-0.3, -0.25) is 9.59 Å². The summed E-state index contributed by atoms with van der Waals surface area (Å²) in [4.78, 5) is 24.2. The molecule has 0 saturated heterocycles. The first kappa shape index (κ1) is 16.5. The molecule has 6 heteroatoms. The van der Waals surface area contributed by atoms with Crippen LogP contribution < -0.4 is 5.32 Å². The number of carbonyl (C=O) groups is 2. The molecule has 0 aromatic heterocycles. The van der Waals surface area contributed by atoms with Gasteiger partial charge in [-0.05, 0) is 36.6 Å². The maximum absolute atomic E-state index is 13.1. The summed E-state index contributed by atoms with van der Waals surface area (Å²) >= 11 is 5.65. The van der Waals surface area contributed by atoms with Crippen molar-refractivity contribution in [2.45, 2.75) is 18.3 Å². The van der Waals surface area contributed by atoms with Crippen molar-refractivity contribution in [3.63, 3.8) is 0 Å². The fourth-order valence-corrected chi connectivity index (χ4v) is 2.71. The first-order valence-electron chi connectivity index (χ1n) is 7.49. The number of halogens is 2. The normalized spacial score (nSPS) is 14.8. The number of nitrogens with one attached hydrogen (secondary N) is 1. The van der Waals surface area contributed by atoms with E-state index in [4.69, 9.17) is 16.3 Å². The second-order valence-electron chi connectivity index (χ2n) is 5.70. The first-order chi connectivity index (χ1) is 11.5. The molecule has 0 radical (unpaired) electrons. The number of ether oxygens (including phenoxy) is 1. The molecule has 3 rings (SSSR count). The molecule has 0 aliphatic heterocycles. The zero-order valence-electron chi connectivity index (χ0n) is 12.7. The lowest BCUT2D eigenvalue weighted by atomic mass is 9.96. The molecular formula is C18H15ClFNO3. The van der Waals surface area contributed by atoms with Crippen LogP contribution in [0.3, 0.4) is 0 Å². The summed E-state index contributed by atoms with van der Waals surface area (Å²) in [6.07, 6.45) is 1.43. The Kier molecular flexibility index (Phi) is 4.53. The van der Waals surface area contributed by atoms with Crippen molar-refractivity contribution in [3.8, 4) is 0 Å². The molecule has 24 heavy (non-hydrogen) atoms. The van der Waals surface area contributed by atoms with Gasteiger partial charge in [-0.15, -0.1) is 0 Å². The van der Waals surface area contributed by atoms with Crippen LogP contribution in [-0.4, -0.2) is 18.5 Å². The molecule has 0 atom stereocenters. The molecular weight excluding hydrogens is 333 g/mol. The number of rotatable bonds is 5. The van der Waals surface area contributed by atoms with Crippen molar-refractivity contribution in [1.82, 2.24) is 0 Å². The standard InChI is InChI=1S/C18H15ClFNO3/c19-14-10-13(6-7-15(14)20)21-16(22)11-24-17(23)18(8-9-18)12-4-2-1-3-5-12/h1-7,10H,8-9,11H2,(H,21,22). The maximum atomic E-state index is 13.1. The molecule has 1 saturated carbocycles. The average molecular weight is 348 g/mol. The van der Waals surface area contributed by atoms with Crippen LogP contribution in [0, 0.1) is 5.82 Å². The van der Waals surface area contributed by atoms with Crippen molar-refractivity contribution in [2.24, 2.45) is 0 Å². The van der Waals surface area contributed by atoms with E-state index in [1.807, 2.05) is 30.3 Å². The third-order valence-electron chi connectivity index (χ3n) is 4.00. The van der Waals surface area contributed by atoms with Crippen LogP contribution >= 0.6 is 11.6 Å². The van der Waals surface area contributed by atoms with E-state index in [-0.39, 0.29) is 5.02 Å². The van der Waals surface area contributed by atoms with Crippen molar-refractivity contribution in [2.75, 3.05) is 11.9 Å². The summed E-state index contributed by atoms with van der Waals surface area (Å²) in [7, 11) is 0. The molecule has 0 spiro atoms. The highest BCUT2D eigenvalue weighted by Gasteiger charge is 2.52.